The minimum Gasteiger partial charge on any atom is -0.478 e. The molecule has 1 N–H and O–H groups in total. The molecule has 0 spiro atoms. The van der Waals surface area contributed by atoms with Crippen molar-refractivity contribution in [3.63, 3.8) is 0 Å². The van der Waals surface area contributed by atoms with Crippen molar-refractivity contribution >= 4 is 33.7 Å². The van der Waals surface area contributed by atoms with E-state index in [1.165, 1.54) is 23.9 Å². The molecule has 0 saturated carbocycles. The summed E-state index contributed by atoms with van der Waals surface area (Å²) < 4.78 is 14.0. The van der Waals surface area contributed by atoms with E-state index in [4.69, 9.17) is 5.11 Å². The van der Waals surface area contributed by atoms with Gasteiger partial charge in [-0.2, -0.15) is 0 Å². The Balaban J connectivity index is 2.15. The summed E-state index contributed by atoms with van der Waals surface area (Å²) >= 11 is 4.86. The molecule has 0 unspecified atom stereocenters. The highest BCUT2D eigenvalue weighted by molar-refractivity contribution is 9.10. The number of carboxylic acid groups (broad SMARTS) is 1. The van der Waals surface area contributed by atoms with Gasteiger partial charge < -0.3 is 5.11 Å². The van der Waals surface area contributed by atoms with E-state index in [-0.39, 0.29) is 5.56 Å². The van der Waals surface area contributed by atoms with Crippen molar-refractivity contribution in [2.45, 2.75) is 10.6 Å². The highest BCUT2D eigenvalue weighted by atomic mass is 79.9. The SMILES string of the molecule is O=C(O)c1cc(F)ccc1CSc1ccc(Br)cc1. The minimum absolute atomic E-state index is 0.0182. The summed E-state index contributed by atoms with van der Waals surface area (Å²) in [6.45, 7) is 0. The Morgan fingerprint density at radius 3 is 2.53 bits per heavy atom. The van der Waals surface area contributed by atoms with Crippen molar-refractivity contribution < 1.29 is 14.3 Å². The number of rotatable bonds is 4. The maximum absolute atomic E-state index is 13.0. The van der Waals surface area contributed by atoms with Crippen molar-refractivity contribution in [1.29, 1.82) is 0 Å². The Hall–Kier alpha value is -1.33. The highest BCUT2D eigenvalue weighted by Crippen LogP contribution is 2.26. The third kappa shape index (κ3) is 3.81. The van der Waals surface area contributed by atoms with Crippen molar-refractivity contribution in [1.82, 2.24) is 0 Å². The number of thioether (sulfide) groups is 1. The van der Waals surface area contributed by atoms with Crippen molar-refractivity contribution in [3.8, 4) is 0 Å². The van der Waals surface area contributed by atoms with Gasteiger partial charge >= 0.3 is 5.97 Å². The van der Waals surface area contributed by atoms with Gasteiger partial charge in [-0.25, -0.2) is 9.18 Å². The van der Waals surface area contributed by atoms with Crippen LogP contribution in [0.15, 0.2) is 51.8 Å². The third-order valence-electron chi connectivity index (χ3n) is 2.51. The van der Waals surface area contributed by atoms with Crippen LogP contribution in [0.5, 0.6) is 0 Å². The topological polar surface area (TPSA) is 37.3 Å². The lowest BCUT2D eigenvalue weighted by Gasteiger charge is -2.06. The van der Waals surface area contributed by atoms with Crippen LogP contribution in [0, 0.1) is 5.82 Å². The zero-order valence-corrected chi connectivity index (χ0v) is 12.2. The Morgan fingerprint density at radius 2 is 1.89 bits per heavy atom. The maximum atomic E-state index is 13.0. The van der Waals surface area contributed by atoms with Crippen LogP contribution in [0.25, 0.3) is 0 Å². The van der Waals surface area contributed by atoms with Gasteiger partial charge in [-0.3, -0.25) is 0 Å². The van der Waals surface area contributed by atoms with Crippen LogP contribution >= 0.6 is 27.7 Å². The van der Waals surface area contributed by atoms with E-state index in [1.807, 2.05) is 24.3 Å². The fourth-order valence-electron chi connectivity index (χ4n) is 1.57. The molecule has 0 radical (unpaired) electrons. The van der Waals surface area contributed by atoms with Crippen LogP contribution in [0.4, 0.5) is 4.39 Å². The van der Waals surface area contributed by atoms with Crippen LogP contribution in [-0.4, -0.2) is 11.1 Å². The molecule has 0 aliphatic carbocycles. The second kappa shape index (κ2) is 6.21. The van der Waals surface area contributed by atoms with Gasteiger partial charge in [0.15, 0.2) is 0 Å². The first kappa shape index (κ1) is 14.1. The monoisotopic (exact) mass is 340 g/mol. The number of benzene rings is 2. The average molecular weight is 341 g/mol. The zero-order chi connectivity index (χ0) is 13.8. The number of hydrogen-bond donors (Lipinski definition) is 1. The fraction of sp³-hybridized carbons (Fsp3) is 0.0714. The Morgan fingerprint density at radius 1 is 1.21 bits per heavy atom. The summed E-state index contributed by atoms with van der Waals surface area (Å²) in [5, 5.41) is 9.04. The molecule has 2 aromatic rings. The summed E-state index contributed by atoms with van der Waals surface area (Å²) in [5.41, 5.74) is 0.631. The number of carboxylic acids is 1. The summed E-state index contributed by atoms with van der Waals surface area (Å²) in [6.07, 6.45) is 0. The molecule has 0 heterocycles. The largest absolute Gasteiger partial charge is 0.478 e. The predicted molar refractivity (Wildman–Crippen MR) is 77.1 cm³/mol. The number of hydrogen-bond acceptors (Lipinski definition) is 2. The predicted octanol–water partition coefficient (Wildman–Crippen LogP) is 4.58. The van der Waals surface area contributed by atoms with E-state index in [1.54, 1.807) is 0 Å². The van der Waals surface area contributed by atoms with E-state index in [9.17, 15) is 9.18 Å². The first-order chi connectivity index (χ1) is 9.06. The van der Waals surface area contributed by atoms with E-state index in [0.717, 1.165) is 15.4 Å². The van der Waals surface area contributed by atoms with Gasteiger partial charge in [0.25, 0.3) is 0 Å². The molecule has 0 aliphatic heterocycles. The average Bonchev–Trinajstić information content (AvgIpc) is 2.39. The number of halogens is 2. The van der Waals surface area contributed by atoms with Crippen molar-refractivity contribution in [2.24, 2.45) is 0 Å². The second-order valence-electron chi connectivity index (χ2n) is 3.85. The normalized spacial score (nSPS) is 10.4. The first-order valence-corrected chi connectivity index (χ1v) is 7.24. The fourth-order valence-corrected chi connectivity index (χ4v) is 2.73. The molecule has 0 atom stereocenters. The summed E-state index contributed by atoms with van der Waals surface area (Å²) in [7, 11) is 0. The van der Waals surface area contributed by atoms with Gasteiger partial charge in [0, 0.05) is 15.1 Å². The van der Waals surface area contributed by atoms with Gasteiger partial charge in [0.05, 0.1) is 5.56 Å². The lowest BCUT2D eigenvalue weighted by molar-refractivity contribution is 0.0695. The molecule has 5 heteroatoms. The van der Waals surface area contributed by atoms with Gasteiger partial charge in [0.2, 0.25) is 0 Å². The van der Waals surface area contributed by atoms with Crippen molar-refractivity contribution in [2.75, 3.05) is 0 Å². The molecule has 2 aromatic carbocycles. The molecule has 2 rings (SSSR count). The molecule has 0 fully saturated rings. The molecular formula is C14H10BrFO2S. The first-order valence-electron chi connectivity index (χ1n) is 5.46. The molecule has 0 aliphatic rings. The third-order valence-corrected chi connectivity index (χ3v) is 4.10. The molecule has 98 valence electrons. The maximum Gasteiger partial charge on any atom is 0.336 e. The summed E-state index contributed by atoms with van der Waals surface area (Å²) in [6, 6.07) is 11.6. The molecule has 19 heavy (non-hydrogen) atoms. The van der Waals surface area contributed by atoms with Crippen LogP contribution in [-0.2, 0) is 5.75 Å². The standard InChI is InChI=1S/C14H10BrFO2S/c15-10-2-5-12(6-3-10)19-8-9-1-4-11(16)7-13(9)14(17)18/h1-7H,8H2,(H,17,18). The van der Waals surface area contributed by atoms with Gasteiger partial charge in [-0.15, -0.1) is 11.8 Å². The van der Waals surface area contributed by atoms with Gasteiger partial charge in [-0.1, -0.05) is 22.0 Å². The van der Waals surface area contributed by atoms with Crippen LogP contribution < -0.4 is 0 Å². The molecule has 2 nitrogen and oxygen atoms in total. The molecule has 0 amide bonds. The molecular weight excluding hydrogens is 331 g/mol. The lowest BCUT2D eigenvalue weighted by atomic mass is 10.1. The zero-order valence-electron chi connectivity index (χ0n) is 9.77. The van der Waals surface area contributed by atoms with Gasteiger partial charge in [-0.05, 0) is 42.0 Å². The quantitative estimate of drug-likeness (QED) is 0.827. The van der Waals surface area contributed by atoms with E-state index in [2.05, 4.69) is 15.9 Å². The smallest absolute Gasteiger partial charge is 0.336 e. The Labute approximate surface area is 122 Å². The lowest BCUT2D eigenvalue weighted by Crippen LogP contribution is -2.02. The van der Waals surface area contributed by atoms with Crippen molar-refractivity contribution in [3.05, 3.63) is 63.9 Å². The Kier molecular flexibility index (Phi) is 4.61. The van der Waals surface area contributed by atoms with Gasteiger partial charge in [0.1, 0.15) is 5.82 Å². The number of aromatic carboxylic acids is 1. The second-order valence-corrected chi connectivity index (χ2v) is 5.81. The van der Waals surface area contributed by atoms with Crippen LogP contribution in [0.2, 0.25) is 0 Å². The van der Waals surface area contributed by atoms with Crippen LogP contribution in [0.3, 0.4) is 0 Å². The van der Waals surface area contributed by atoms with E-state index >= 15 is 0 Å². The Bertz CT molecular complexity index is 599. The molecule has 0 saturated heterocycles. The summed E-state index contributed by atoms with van der Waals surface area (Å²) in [5.74, 6) is -1.15. The molecule has 0 bridgehead atoms. The summed E-state index contributed by atoms with van der Waals surface area (Å²) in [4.78, 5) is 12.1. The highest BCUT2D eigenvalue weighted by Gasteiger charge is 2.11. The van der Waals surface area contributed by atoms with Crippen LogP contribution in [0.1, 0.15) is 15.9 Å². The van der Waals surface area contributed by atoms with E-state index < -0.39 is 11.8 Å². The molecule has 0 aromatic heterocycles. The van der Waals surface area contributed by atoms with E-state index in [0.29, 0.717) is 11.3 Å². The number of carbonyl (C=O) groups is 1. The minimum atomic E-state index is -1.11.